The van der Waals surface area contributed by atoms with E-state index in [0.29, 0.717) is 17.9 Å². The highest BCUT2D eigenvalue weighted by atomic mass is 32.2. The van der Waals surface area contributed by atoms with Crippen LogP contribution in [0.4, 0.5) is 14.9 Å². The zero-order valence-electron chi connectivity index (χ0n) is 14.3. The molecule has 0 spiro atoms. The van der Waals surface area contributed by atoms with Gasteiger partial charge in [-0.3, -0.25) is 0 Å². The molecule has 0 saturated heterocycles. The Morgan fingerprint density at radius 1 is 1.12 bits per heavy atom. The van der Waals surface area contributed by atoms with Crippen LogP contribution < -0.4 is 14.8 Å². The molecule has 2 N–H and O–H groups in total. The van der Waals surface area contributed by atoms with Crippen LogP contribution in [0.5, 0.6) is 5.75 Å². The van der Waals surface area contributed by atoms with Crippen LogP contribution in [-0.2, 0) is 10.0 Å². The molecule has 0 bridgehead atoms. The molecular formula is C18H19FN2O4S. The summed E-state index contributed by atoms with van der Waals surface area (Å²) in [5, 5.41) is 2.33. The predicted octanol–water partition coefficient (Wildman–Crippen LogP) is 3.74. The fourth-order valence-corrected chi connectivity index (χ4v) is 2.78. The van der Waals surface area contributed by atoms with E-state index in [2.05, 4.69) is 5.32 Å². The Labute approximate surface area is 151 Å². The average Bonchev–Trinajstić information content (AvgIpc) is 2.58. The lowest BCUT2D eigenvalue weighted by molar-refractivity contribution is 0.256. The first-order valence-electron chi connectivity index (χ1n) is 7.80. The van der Waals surface area contributed by atoms with Gasteiger partial charge in [-0.05, 0) is 61.9 Å². The van der Waals surface area contributed by atoms with E-state index in [1.54, 1.807) is 24.3 Å². The summed E-state index contributed by atoms with van der Waals surface area (Å²) in [7, 11) is -4.01. The number of anilines is 1. The van der Waals surface area contributed by atoms with Gasteiger partial charge in [-0.1, -0.05) is 12.1 Å². The SMILES string of the molecule is CCOc1ccc(C=C(C)S(=O)(=O)NC(=O)Nc2ccc(F)cc2)cc1. The Morgan fingerprint density at radius 2 is 1.73 bits per heavy atom. The second-order valence-electron chi connectivity index (χ2n) is 5.32. The van der Waals surface area contributed by atoms with Gasteiger partial charge in [0.05, 0.1) is 11.5 Å². The summed E-state index contributed by atoms with van der Waals surface area (Å²) in [5.74, 6) is 0.222. The quantitative estimate of drug-likeness (QED) is 0.802. The summed E-state index contributed by atoms with van der Waals surface area (Å²) in [6.45, 7) is 3.78. The number of rotatable bonds is 6. The van der Waals surface area contributed by atoms with Crippen molar-refractivity contribution in [2.75, 3.05) is 11.9 Å². The molecular weight excluding hydrogens is 359 g/mol. The number of hydrogen-bond acceptors (Lipinski definition) is 4. The van der Waals surface area contributed by atoms with Gasteiger partial charge in [0.15, 0.2) is 0 Å². The number of sulfonamides is 1. The molecule has 0 heterocycles. The van der Waals surface area contributed by atoms with Crippen molar-refractivity contribution < 1.29 is 22.3 Å². The van der Waals surface area contributed by atoms with Crippen LogP contribution in [0.1, 0.15) is 19.4 Å². The van der Waals surface area contributed by atoms with Crippen LogP contribution in [0.25, 0.3) is 6.08 Å². The molecule has 0 saturated carbocycles. The molecule has 0 unspecified atom stereocenters. The van der Waals surface area contributed by atoms with Crippen molar-refractivity contribution in [3.63, 3.8) is 0 Å². The van der Waals surface area contributed by atoms with Crippen molar-refractivity contribution >= 4 is 27.8 Å². The molecule has 0 fully saturated rings. The van der Waals surface area contributed by atoms with E-state index in [1.807, 2.05) is 11.6 Å². The van der Waals surface area contributed by atoms with Gasteiger partial charge in [-0.15, -0.1) is 0 Å². The molecule has 2 amide bonds. The maximum Gasteiger partial charge on any atom is 0.333 e. The standard InChI is InChI=1S/C18H19FN2O4S/c1-3-25-17-10-4-14(5-11-17)12-13(2)26(23,24)21-18(22)20-16-8-6-15(19)7-9-16/h4-12H,3H2,1-2H3,(H2,20,21,22). The number of benzene rings is 2. The molecule has 0 aromatic heterocycles. The fraction of sp³-hybridized carbons (Fsp3) is 0.167. The van der Waals surface area contributed by atoms with Crippen LogP contribution in [-0.4, -0.2) is 21.1 Å². The van der Waals surface area contributed by atoms with Crippen molar-refractivity contribution in [1.82, 2.24) is 4.72 Å². The second-order valence-corrected chi connectivity index (χ2v) is 7.18. The molecule has 0 aliphatic carbocycles. The molecule has 0 radical (unpaired) electrons. The maximum atomic E-state index is 12.8. The Balaban J connectivity index is 2.05. The van der Waals surface area contributed by atoms with Crippen LogP contribution in [0.15, 0.2) is 53.4 Å². The third-order valence-electron chi connectivity index (χ3n) is 3.31. The molecule has 8 heteroatoms. The van der Waals surface area contributed by atoms with Gasteiger partial charge in [0.1, 0.15) is 11.6 Å². The van der Waals surface area contributed by atoms with Crippen molar-refractivity contribution in [3.05, 3.63) is 64.8 Å². The highest BCUT2D eigenvalue weighted by Gasteiger charge is 2.17. The van der Waals surface area contributed by atoms with Gasteiger partial charge in [-0.2, -0.15) is 0 Å². The summed E-state index contributed by atoms with van der Waals surface area (Å²) in [5.41, 5.74) is 0.919. The third-order valence-corrected chi connectivity index (χ3v) is 4.73. The zero-order valence-corrected chi connectivity index (χ0v) is 15.1. The molecule has 138 valence electrons. The Morgan fingerprint density at radius 3 is 2.31 bits per heavy atom. The van der Waals surface area contributed by atoms with Crippen LogP contribution in [0.2, 0.25) is 0 Å². The Hall–Kier alpha value is -2.87. The number of carbonyl (C=O) groups is 1. The van der Waals surface area contributed by atoms with Gasteiger partial charge in [0.2, 0.25) is 0 Å². The first kappa shape index (κ1) is 19.5. The molecule has 26 heavy (non-hydrogen) atoms. The number of amides is 2. The van der Waals surface area contributed by atoms with E-state index < -0.39 is 21.9 Å². The van der Waals surface area contributed by atoms with Crippen molar-refractivity contribution in [2.24, 2.45) is 0 Å². The molecule has 2 aromatic rings. The Kier molecular flexibility index (Phi) is 6.35. The fourth-order valence-electron chi connectivity index (χ4n) is 2.03. The lowest BCUT2D eigenvalue weighted by Crippen LogP contribution is -2.34. The number of hydrogen-bond donors (Lipinski definition) is 2. The van der Waals surface area contributed by atoms with Gasteiger partial charge in [0, 0.05) is 5.69 Å². The number of nitrogens with one attached hydrogen (secondary N) is 2. The molecule has 2 aromatic carbocycles. The van der Waals surface area contributed by atoms with Gasteiger partial charge < -0.3 is 10.1 Å². The maximum absolute atomic E-state index is 12.8. The lowest BCUT2D eigenvalue weighted by Gasteiger charge is -2.09. The highest BCUT2D eigenvalue weighted by molar-refractivity contribution is 7.94. The number of halogens is 1. The first-order chi connectivity index (χ1) is 12.3. The minimum absolute atomic E-state index is 0.0316. The Bertz CT molecular complexity index is 892. The van der Waals surface area contributed by atoms with Gasteiger partial charge >= 0.3 is 6.03 Å². The summed E-state index contributed by atoms with van der Waals surface area (Å²) in [6, 6.07) is 10.9. The van der Waals surface area contributed by atoms with Gasteiger partial charge in [0.25, 0.3) is 10.0 Å². The summed E-state index contributed by atoms with van der Waals surface area (Å²) in [4.78, 5) is 11.8. The lowest BCUT2D eigenvalue weighted by atomic mass is 10.2. The zero-order chi connectivity index (χ0) is 19.2. The topological polar surface area (TPSA) is 84.5 Å². The van der Waals surface area contributed by atoms with E-state index >= 15 is 0 Å². The van der Waals surface area contributed by atoms with E-state index in [0.717, 1.165) is 12.1 Å². The smallest absolute Gasteiger partial charge is 0.333 e. The first-order valence-corrected chi connectivity index (χ1v) is 9.29. The van der Waals surface area contributed by atoms with Crippen molar-refractivity contribution in [3.8, 4) is 5.75 Å². The second kappa shape index (κ2) is 8.48. The molecule has 0 aliphatic heterocycles. The van der Waals surface area contributed by atoms with E-state index in [-0.39, 0.29) is 10.6 Å². The minimum Gasteiger partial charge on any atom is -0.494 e. The monoisotopic (exact) mass is 378 g/mol. The highest BCUT2D eigenvalue weighted by Crippen LogP contribution is 2.16. The summed E-state index contributed by atoms with van der Waals surface area (Å²) >= 11 is 0. The normalized spacial score (nSPS) is 11.7. The summed E-state index contributed by atoms with van der Waals surface area (Å²) in [6.07, 6.45) is 1.43. The van der Waals surface area contributed by atoms with Crippen molar-refractivity contribution in [1.29, 1.82) is 0 Å². The average molecular weight is 378 g/mol. The van der Waals surface area contributed by atoms with Crippen LogP contribution >= 0.6 is 0 Å². The summed E-state index contributed by atoms with van der Waals surface area (Å²) < 4.78 is 44.5. The predicted molar refractivity (Wildman–Crippen MR) is 98.7 cm³/mol. The molecule has 2 rings (SSSR count). The number of urea groups is 1. The molecule has 0 aliphatic rings. The molecule has 6 nitrogen and oxygen atoms in total. The number of ether oxygens (including phenoxy) is 1. The number of carbonyl (C=O) groups excluding carboxylic acids is 1. The number of allylic oxidation sites excluding steroid dienone is 1. The van der Waals surface area contributed by atoms with Crippen molar-refractivity contribution in [2.45, 2.75) is 13.8 Å². The van der Waals surface area contributed by atoms with Gasteiger partial charge in [-0.25, -0.2) is 22.3 Å². The van der Waals surface area contributed by atoms with E-state index in [9.17, 15) is 17.6 Å². The molecule has 0 atom stereocenters. The van der Waals surface area contributed by atoms with Crippen LogP contribution in [0.3, 0.4) is 0 Å². The third kappa shape index (κ3) is 5.59. The largest absolute Gasteiger partial charge is 0.494 e. The minimum atomic E-state index is -4.01. The van der Waals surface area contributed by atoms with E-state index in [4.69, 9.17) is 4.74 Å². The van der Waals surface area contributed by atoms with Crippen LogP contribution in [0, 0.1) is 5.82 Å². The van der Waals surface area contributed by atoms with E-state index in [1.165, 1.54) is 25.1 Å².